The van der Waals surface area contributed by atoms with Crippen LogP contribution in [-0.2, 0) is 4.79 Å². The fourth-order valence-electron chi connectivity index (χ4n) is 2.16. The minimum absolute atomic E-state index is 0.0313. The van der Waals surface area contributed by atoms with Crippen LogP contribution >= 0.6 is 0 Å². The van der Waals surface area contributed by atoms with E-state index < -0.39 is 0 Å². The van der Waals surface area contributed by atoms with Gasteiger partial charge < -0.3 is 5.32 Å². The van der Waals surface area contributed by atoms with Crippen LogP contribution in [0, 0.1) is 11.7 Å². The van der Waals surface area contributed by atoms with Crippen LogP contribution in [0.5, 0.6) is 0 Å². The normalized spacial score (nSPS) is 17.7. The van der Waals surface area contributed by atoms with E-state index >= 15 is 0 Å². The number of carbonyl (C=O) groups excluding carboxylic acids is 1. The van der Waals surface area contributed by atoms with Crippen LogP contribution in [0.15, 0.2) is 24.3 Å². The highest BCUT2D eigenvalue weighted by atomic mass is 19.1. The molecule has 1 aromatic carbocycles. The van der Waals surface area contributed by atoms with Crippen molar-refractivity contribution in [2.45, 2.75) is 19.8 Å². The van der Waals surface area contributed by atoms with E-state index in [2.05, 4.69) is 17.1 Å². The maximum Gasteiger partial charge on any atom is 0.238 e. The summed E-state index contributed by atoms with van der Waals surface area (Å²) >= 11 is 0. The lowest BCUT2D eigenvalue weighted by Crippen LogP contribution is -2.38. The van der Waals surface area contributed by atoms with Gasteiger partial charge in [0.1, 0.15) is 5.82 Å². The van der Waals surface area contributed by atoms with E-state index in [-0.39, 0.29) is 11.7 Å². The molecule has 1 fully saturated rings. The zero-order chi connectivity index (χ0) is 13.0. The molecule has 1 aromatic rings. The highest BCUT2D eigenvalue weighted by Gasteiger charge is 2.17. The van der Waals surface area contributed by atoms with Gasteiger partial charge in [0.25, 0.3) is 0 Å². The number of benzene rings is 1. The van der Waals surface area contributed by atoms with Gasteiger partial charge in [0.2, 0.25) is 5.91 Å². The standard InChI is InChI=1S/C14H19FN2O/c1-11-6-8-17(9-7-11)10-14(18)16-13-4-2-12(15)3-5-13/h2-5,11H,6-10H2,1H3,(H,16,18). The van der Waals surface area contributed by atoms with Gasteiger partial charge in [-0.25, -0.2) is 4.39 Å². The Hall–Kier alpha value is -1.42. The molecule has 1 aliphatic rings. The van der Waals surface area contributed by atoms with Gasteiger partial charge in [-0.2, -0.15) is 0 Å². The molecule has 18 heavy (non-hydrogen) atoms. The van der Waals surface area contributed by atoms with Gasteiger partial charge in [-0.15, -0.1) is 0 Å². The zero-order valence-electron chi connectivity index (χ0n) is 10.7. The second-order valence-corrected chi connectivity index (χ2v) is 5.01. The maximum absolute atomic E-state index is 12.7. The van der Waals surface area contributed by atoms with Gasteiger partial charge in [0.05, 0.1) is 6.54 Å². The lowest BCUT2D eigenvalue weighted by molar-refractivity contribution is -0.117. The third-order valence-corrected chi connectivity index (χ3v) is 3.37. The minimum atomic E-state index is -0.294. The number of likely N-dealkylation sites (tertiary alicyclic amines) is 1. The number of anilines is 1. The minimum Gasteiger partial charge on any atom is -0.325 e. The fraction of sp³-hybridized carbons (Fsp3) is 0.500. The quantitative estimate of drug-likeness (QED) is 0.894. The first-order chi connectivity index (χ1) is 8.63. The van der Waals surface area contributed by atoms with Gasteiger partial charge >= 0.3 is 0 Å². The Morgan fingerprint density at radius 2 is 1.94 bits per heavy atom. The number of rotatable bonds is 3. The monoisotopic (exact) mass is 250 g/mol. The molecule has 3 nitrogen and oxygen atoms in total. The molecular formula is C14H19FN2O. The van der Waals surface area contributed by atoms with Crippen LogP contribution in [0.25, 0.3) is 0 Å². The van der Waals surface area contributed by atoms with Crippen molar-refractivity contribution in [2.75, 3.05) is 25.0 Å². The molecule has 1 amide bonds. The summed E-state index contributed by atoms with van der Waals surface area (Å²) < 4.78 is 12.7. The number of carbonyl (C=O) groups is 1. The van der Waals surface area contributed by atoms with Crippen molar-refractivity contribution < 1.29 is 9.18 Å². The average molecular weight is 250 g/mol. The summed E-state index contributed by atoms with van der Waals surface area (Å²) in [7, 11) is 0. The van der Waals surface area contributed by atoms with Gasteiger partial charge in [-0.3, -0.25) is 9.69 Å². The second-order valence-electron chi connectivity index (χ2n) is 5.01. The summed E-state index contributed by atoms with van der Waals surface area (Å²) in [6.45, 7) is 4.63. The van der Waals surface area contributed by atoms with E-state index in [0.717, 1.165) is 31.8 Å². The molecule has 0 bridgehead atoms. The molecule has 0 spiro atoms. The molecule has 0 saturated carbocycles. The van der Waals surface area contributed by atoms with E-state index in [1.165, 1.54) is 12.1 Å². The predicted octanol–water partition coefficient (Wildman–Crippen LogP) is 2.50. The van der Waals surface area contributed by atoms with E-state index in [9.17, 15) is 9.18 Å². The number of nitrogens with zero attached hydrogens (tertiary/aromatic N) is 1. The van der Waals surface area contributed by atoms with Crippen molar-refractivity contribution in [3.63, 3.8) is 0 Å². The summed E-state index contributed by atoms with van der Waals surface area (Å²) in [4.78, 5) is 14.0. The average Bonchev–Trinajstić information content (AvgIpc) is 2.35. The second kappa shape index (κ2) is 5.96. The molecular weight excluding hydrogens is 231 g/mol. The molecule has 0 atom stereocenters. The molecule has 4 heteroatoms. The molecule has 2 rings (SSSR count). The molecule has 1 aliphatic heterocycles. The maximum atomic E-state index is 12.7. The molecule has 0 radical (unpaired) electrons. The van der Waals surface area contributed by atoms with Gasteiger partial charge in [-0.05, 0) is 56.1 Å². The van der Waals surface area contributed by atoms with E-state index in [1.807, 2.05) is 0 Å². The number of nitrogens with one attached hydrogen (secondary N) is 1. The van der Waals surface area contributed by atoms with Crippen molar-refractivity contribution in [1.82, 2.24) is 4.90 Å². The van der Waals surface area contributed by atoms with E-state index in [1.54, 1.807) is 12.1 Å². The Morgan fingerprint density at radius 1 is 1.33 bits per heavy atom. The van der Waals surface area contributed by atoms with Crippen LogP contribution in [0.4, 0.5) is 10.1 Å². The van der Waals surface area contributed by atoms with E-state index in [4.69, 9.17) is 0 Å². The summed E-state index contributed by atoms with van der Waals surface area (Å²) in [6, 6.07) is 5.84. The Kier molecular flexibility index (Phi) is 4.31. The van der Waals surface area contributed by atoms with Crippen molar-refractivity contribution in [3.8, 4) is 0 Å². The largest absolute Gasteiger partial charge is 0.325 e. The molecule has 0 aliphatic carbocycles. The van der Waals surface area contributed by atoms with Crippen molar-refractivity contribution >= 4 is 11.6 Å². The predicted molar refractivity (Wildman–Crippen MR) is 69.9 cm³/mol. The Labute approximate surface area is 107 Å². The lowest BCUT2D eigenvalue weighted by Gasteiger charge is -2.29. The molecule has 0 unspecified atom stereocenters. The Balaban J connectivity index is 1.80. The SMILES string of the molecule is CC1CCN(CC(=O)Nc2ccc(F)cc2)CC1. The van der Waals surface area contributed by atoms with Gasteiger partial charge in [0.15, 0.2) is 0 Å². The summed E-state index contributed by atoms with van der Waals surface area (Å²) in [5.41, 5.74) is 0.645. The smallest absolute Gasteiger partial charge is 0.238 e. The molecule has 1 heterocycles. The highest BCUT2D eigenvalue weighted by molar-refractivity contribution is 5.92. The topological polar surface area (TPSA) is 32.3 Å². The number of hydrogen-bond acceptors (Lipinski definition) is 2. The summed E-state index contributed by atoms with van der Waals surface area (Å²) in [6.07, 6.45) is 2.31. The lowest BCUT2D eigenvalue weighted by atomic mass is 9.99. The van der Waals surface area contributed by atoms with Crippen LogP contribution < -0.4 is 5.32 Å². The van der Waals surface area contributed by atoms with Crippen molar-refractivity contribution in [3.05, 3.63) is 30.1 Å². The van der Waals surface area contributed by atoms with Crippen molar-refractivity contribution in [2.24, 2.45) is 5.92 Å². The highest BCUT2D eigenvalue weighted by Crippen LogP contribution is 2.15. The zero-order valence-corrected chi connectivity index (χ0v) is 10.7. The molecule has 98 valence electrons. The first kappa shape index (κ1) is 13.0. The van der Waals surface area contributed by atoms with Crippen LogP contribution in [0.2, 0.25) is 0 Å². The third-order valence-electron chi connectivity index (χ3n) is 3.37. The van der Waals surface area contributed by atoms with Gasteiger partial charge in [0, 0.05) is 5.69 Å². The fourth-order valence-corrected chi connectivity index (χ4v) is 2.16. The van der Waals surface area contributed by atoms with E-state index in [0.29, 0.717) is 12.2 Å². The van der Waals surface area contributed by atoms with Gasteiger partial charge in [-0.1, -0.05) is 6.92 Å². The first-order valence-electron chi connectivity index (χ1n) is 6.41. The number of halogens is 1. The number of amides is 1. The molecule has 1 N–H and O–H groups in total. The van der Waals surface area contributed by atoms with Crippen LogP contribution in [0.3, 0.4) is 0 Å². The van der Waals surface area contributed by atoms with Crippen LogP contribution in [0.1, 0.15) is 19.8 Å². The Morgan fingerprint density at radius 3 is 2.56 bits per heavy atom. The molecule has 0 aromatic heterocycles. The number of hydrogen-bond donors (Lipinski definition) is 1. The summed E-state index contributed by atoms with van der Waals surface area (Å²) in [5.74, 6) is 0.440. The Bertz CT molecular complexity index is 397. The number of piperidine rings is 1. The first-order valence-corrected chi connectivity index (χ1v) is 6.41. The van der Waals surface area contributed by atoms with Crippen LogP contribution in [-0.4, -0.2) is 30.4 Å². The molecule has 1 saturated heterocycles. The van der Waals surface area contributed by atoms with Crippen molar-refractivity contribution in [1.29, 1.82) is 0 Å². The third kappa shape index (κ3) is 3.81. The summed E-state index contributed by atoms with van der Waals surface area (Å²) in [5, 5.41) is 2.78.